The second-order valence-electron chi connectivity index (χ2n) is 8.50. The summed E-state index contributed by atoms with van der Waals surface area (Å²) in [7, 11) is 1.86. The maximum absolute atomic E-state index is 14.7. The van der Waals surface area contributed by atoms with Crippen LogP contribution in [0, 0.1) is 0 Å². The molecular formula is C25H26F4N6. The highest BCUT2D eigenvalue weighted by Gasteiger charge is 2.35. The van der Waals surface area contributed by atoms with Crippen molar-refractivity contribution >= 4 is 33.8 Å². The van der Waals surface area contributed by atoms with Crippen molar-refractivity contribution in [3.63, 3.8) is 0 Å². The van der Waals surface area contributed by atoms with Gasteiger partial charge < -0.3 is 15.5 Å². The zero-order valence-corrected chi connectivity index (χ0v) is 19.2. The summed E-state index contributed by atoms with van der Waals surface area (Å²) in [6.45, 7) is 4.70. The maximum Gasteiger partial charge on any atom is 0.417 e. The van der Waals surface area contributed by atoms with E-state index in [0.717, 1.165) is 12.2 Å². The fraction of sp³-hybridized carbons (Fsp3) is 0.320. The first-order valence-corrected chi connectivity index (χ1v) is 11.2. The predicted octanol–water partition coefficient (Wildman–Crippen LogP) is 5.18. The summed E-state index contributed by atoms with van der Waals surface area (Å²) < 4.78 is 55.5. The van der Waals surface area contributed by atoms with Gasteiger partial charge in [-0.3, -0.25) is 0 Å². The van der Waals surface area contributed by atoms with Crippen molar-refractivity contribution < 1.29 is 17.6 Å². The topological polar surface area (TPSA) is 66.0 Å². The van der Waals surface area contributed by atoms with E-state index in [0.29, 0.717) is 41.7 Å². The molecular weight excluding hydrogens is 460 g/mol. The first-order chi connectivity index (χ1) is 16.7. The van der Waals surface area contributed by atoms with Crippen LogP contribution in [0.4, 0.5) is 28.9 Å². The molecule has 184 valence electrons. The number of likely N-dealkylation sites (tertiary alicyclic amines) is 1. The van der Waals surface area contributed by atoms with E-state index in [1.165, 1.54) is 0 Å². The minimum Gasteiger partial charge on any atom is -0.380 e. The number of anilines is 2. The zero-order valence-electron chi connectivity index (χ0n) is 19.2. The molecule has 2 N–H and O–H groups in total. The highest BCUT2D eigenvalue weighted by Crippen LogP contribution is 2.37. The third-order valence-electron chi connectivity index (χ3n) is 5.90. The number of nitrogens with zero attached hydrogens (tertiary/aromatic N) is 4. The van der Waals surface area contributed by atoms with Crippen LogP contribution in [-0.2, 0) is 0 Å². The van der Waals surface area contributed by atoms with E-state index >= 15 is 0 Å². The number of alkyl halides is 4. The van der Waals surface area contributed by atoms with Gasteiger partial charge in [-0.2, -0.15) is 23.4 Å². The SMILES string of the molecule is C=C(c1nc(/C=C/CNc2ccnnc2)cc2c(N[C@@H]3CCN(C)C[C@@H]3F)cccc12)C(F)(F)F. The summed E-state index contributed by atoms with van der Waals surface area (Å²) in [5, 5.41) is 14.7. The average molecular weight is 487 g/mol. The molecule has 10 heteroatoms. The predicted molar refractivity (Wildman–Crippen MR) is 131 cm³/mol. The number of aromatic nitrogens is 3. The third-order valence-corrected chi connectivity index (χ3v) is 5.90. The van der Waals surface area contributed by atoms with Gasteiger partial charge in [0.25, 0.3) is 0 Å². The van der Waals surface area contributed by atoms with Gasteiger partial charge in [0.05, 0.1) is 41.1 Å². The highest BCUT2D eigenvalue weighted by atomic mass is 19.4. The molecule has 1 aliphatic rings. The van der Waals surface area contributed by atoms with Gasteiger partial charge in [-0.25, -0.2) is 9.37 Å². The first kappa shape index (κ1) is 24.6. The second-order valence-corrected chi connectivity index (χ2v) is 8.50. The number of benzene rings is 1. The number of hydrogen-bond donors (Lipinski definition) is 2. The molecule has 0 bridgehead atoms. The van der Waals surface area contributed by atoms with Crippen LogP contribution in [0.5, 0.6) is 0 Å². The quantitative estimate of drug-likeness (QED) is 0.449. The molecule has 0 spiro atoms. The van der Waals surface area contributed by atoms with Crippen LogP contribution in [0.2, 0.25) is 0 Å². The van der Waals surface area contributed by atoms with Crippen molar-refractivity contribution in [2.45, 2.75) is 24.8 Å². The summed E-state index contributed by atoms with van der Waals surface area (Å²) in [5.41, 5.74) is 0.381. The van der Waals surface area contributed by atoms with Gasteiger partial charge in [-0.05, 0) is 37.7 Å². The lowest BCUT2D eigenvalue weighted by molar-refractivity contribution is -0.0688. The molecule has 0 saturated carbocycles. The van der Waals surface area contributed by atoms with Crippen molar-refractivity contribution in [3.8, 4) is 0 Å². The second kappa shape index (κ2) is 10.4. The Kier molecular flexibility index (Phi) is 7.30. The first-order valence-electron chi connectivity index (χ1n) is 11.2. The fourth-order valence-electron chi connectivity index (χ4n) is 4.04. The van der Waals surface area contributed by atoms with E-state index in [9.17, 15) is 17.6 Å². The van der Waals surface area contributed by atoms with Crippen LogP contribution in [0.3, 0.4) is 0 Å². The zero-order chi connectivity index (χ0) is 25.0. The normalized spacial score (nSPS) is 19.2. The van der Waals surface area contributed by atoms with Gasteiger partial charge in [0, 0.05) is 36.1 Å². The van der Waals surface area contributed by atoms with Gasteiger partial charge >= 0.3 is 6.18 Å². The lowest BCUT2D eigenvalue weighted by atomic mass is 9.99. The van der Waals surface area contributed by atoms with E-state index in [4.69, 9.17) is 0 Å². The Morgan fingerprint density at radius 2 is 2.06 bits per heavy atom. The van der Waals surface area contributed by atoms with Crippen LogP contribution in [0.15, 0.2) is 55.4 Å². The number of fused-ring (bicyclic) bond motifs is 1. The molecule has 4 rings (SSSR count). The Labute approximate surface area is 200 Å². The third kappa shape index (κ3) is 5.94. The summed E-state index contributed by atoms with van der Waals surface area (Å²) >= 11 is 0. The Bertz CT molecular complexity index is 1210. The van der Waals surface area contributed by atoms with Crippen molar-refractivity contribution in [3.05, 3.63) is 66.8 Å². The summed E-state index contributed by atoms with van der Waals surface area (Å²) in [6, 6.07) is 7.99. The summed E-state index contributed by atoms with van der Waals surface area (Å²) in [4.78, 5) is 6.18. The van der Waals surface area contributed by atoms with Crippen molar-refractivity contribution in [1.82, 2.24) is 20.1 Å². The molecule has 2 atom stereocenters. The minimum atomic E-state index is -4.64. The minimum absolute atomic E-state index is 0.246. The van der Waals surface area contributed by atoms with Crippen LogP contribution in [0.25, 0.3) is 22.4 Å². The van der Waals surface area contributed by atoms with E-state index in [2.05, 4.69) is 32.4 Å². The Morgan fingerprint density at radius 3 is 2.77 bits per heavy atom. The molecule has 3 heterocycles. The molecule has 3 aromatic rings. The smallest absolute Gasteiger partial charge is 0.380 e. The molecule has 0 unspecified atom stereocenters. The Hall–Kier alpha value is -3.53. The fourth-order valence-corrected chi connectivity index (χ4v) is 4.04. The van der Waals surface area contributed by atoms with E-state index in [1.54, 1.807) is 54.9 Å². The van der Waals surface area contributed by atoms with Crippen LogP contribution >= 0.6 is 0 Å². The van der Waals surface area contributed by atoms with Gasteiger partial charge in [-0.15, -0.1) is 0 Å². The summed E-state index contributed by atoms with van der Waals surface area (Å²) in [6.07, 6.45) is 1.35. The van der Waals surface area contributed by atoms with Gasteiger partial charge in [0.2, 0.25) is 0 Å². The van der Waals surface area contributed by atoms with Gasteiger partial charge in [-0.1, -0.05) is 24.8 Å². The molecule has 0 amide bonds. The number of rotatable bonds is 7. The largest absolute Gasteiger partial charge is 0.417 e. The molecule has 0 radical (unpaired) electrons. The Balaban J connectivity index is 1.67. The molecule has 0 aliphatic carbocycles. The number of allylic oxidation sites excluding steroid dienone is 1. The highest BCUT2D eigenvalue weighted by molar-refractivity contribution is 6.00. The molecule has 2 aromatic heterocycles. The van der Waals surface area contributed by atoms with Crippen LogP contribution < -0.4 is 10.6 Å². The molecule has 6 nitrogen and oxygen atoms in total. The number of piperidine rings is 1. The maximum atomic E-state index is 14.7. The van der Waals surface area contributed by atoms with Crippen LogP contribution in [-0.4, -0.2) is 65.2 Å². The molecule has 35 heavy (non-hydrogen) atoms. The lowest BCUT2D eigenvalue weighted by Crippen LogP contribution is -2.46. The summed E-state index contributed by atoms with van der Waals surface area (Å²) in [5.74, 6) is 0. The molecule has 1 saturated heterocycles. The monoisotopic (exact) mass is 486 g/mol. The lowest BCUT2D eigenvalue weighted by Gasteiger charge is -2.33. The van der Waals surface area contributed by atoms with Crippen molar-refractivity contribution in [2.75, 3.05) is 37.3 Å². The van der Waals surface area contributed by atoms with Crippen LogP contribution in [0.1, 0.15) is 17.8 Å². The van der Waals surface area contributed by atoms with Gasteiger partial charge in [0.15, 0.2) is 0 Å². The molecule has 1 aromatic carbocycles. The Morgan fingerprint density at radius 1 is 1.23 bits per heavy atom. The van der Waals surface area contributed by atoms with E-state index in [1.807, 2.05) is 11.9 Å². The molecule has 1 fully saturated rings. The van der Waals surface area contributed by atoms with Gasteiger partial charge in [0.1, 0.15) is 6.17 Å². The van der Waals surface area contributed by atoms with E-state index in [-0.39, 0.29) is 5.69 Å². The average Bonchev–Trinajstić information content (AvgIpc) is 2.83. The van der Waals surface area contributed by atoms with Crippen molar-refractivity contribution in [1.29, 1.82) is 0 Å². The number of hydrogen-bond acceptors (Lipinski definition) is 6. The number of pyridine rings is 1. The standard InChI is InChI=1S/C25H26F4N6/c1-16(25(27,28)29)24-19-6-3-7-22(34-23-9-12-35(2)15-21(23)26)20(19)13-17(33-24)5-4-10-30-18-8-11-31-32-14-18/h3-8,11,13-14,21,23,34H,1,9-10,12,15H2,2H3,(H,30,31)/b5-4+/t21-,23+/m0/s1. The molecule has 1 aliphatic heterocycles. The number of nitrogens with one attached hydrogen (secondary N) is 2. The van der Waals surface area contributed by atoms with E-state index < -0.39 is 24.0 Å². The number of halogens is 4. The van der Waals surface area contributed by atoms with Crippen molar-refractivity contribution in [2.24, 2.45) is 0 Å².